The van der Waals surface area contributed by atoms with Crippen LogP contribution < -0.4 is 0 Å². The van der Waals surface area contributed by atoms with Crippen LogP contribution in [0.1, 0.15) is 20.7 Å². The fourth-order valence-electron chi connectivity index (χ4n) is 2.59. The van der Waals surface area contributed by atoms with Gasteiger partial charge in [-0.2, -0.15) is 9.83 Å². The Kier molecular flexibility index (Phi) is 11.0. The van der Waals surface area contributed by atoms with Gasteiger partial charge < -0.3 is 14.3 Å². The molecule has 0 saturated carbocycles. The molecule has 2 rings (SSSR count). The quantitative estimate of drug-likeness (QED) is 0.0575. The lowest BCUT2D eigenvalue weighted by Crippen LogP contribution is -2.60. The third-order valence-electron chi connectivity index (χ3n) is 4.33. The van der Waals surface area contributed by atoms with Gasteiger partial charge in [0.15, 0.2) is 12.4 Å². The fraction of sp³-hybridized carbons (Fsp3) is 0.238. The van der Waals surface area contributed by atoms with E-state index in [1.807, 2.05) is 0 Å². The molecule has 10 nitrogen and oxygen atoms in total. The van der Waals surface area contributed by atoms with Crippen molar-refractivity contribution < 1.29 is 52.6 Å². The van der Waals surface area contributed by atoms with Gasteiger partial charge in [0.05, 0.1) is 11.1 Å². The van der Waals surface area contributed by atoms with Crippen LogP contribution in [0.4, 0.5) is 9.05 Å². The predicted molar refractivity (Wildman–Crippen MR) is 120 cm³/mol. The minimum absolute atomic E-state index is 0.0328. The van der Waals surface area contributed by atoms with Crippen molar-refractivity contribution in [3.05, 3.63) is 71.8 Å². The van der Waals surface area contributed by atoms with Gasteiger partial charge in [-0.15, -0.1) is 4.94 Å². The van der Waals surface area contributed by atoms with E-state index in [1.165, 1.54) is 54.6 Å². The number of alkyl halides is 3. The molecule has 1 N–H and O–H groups in total. The molecule has 0 aliphatic rings. The zero-order valence-electron chi connectivity index (χ0n) is 17.8. The van der Waals surface area contributed by atoms with Crippen molar-refractivity contribution in [1.82, 2.24) is 0 Å². The van der Waals surface area contributed by atoms with E-state index in [0.29, 0.717) is 0 Å². The van der Waals surface area contributed by atoms with Gasteiger partial charge in [0.25, 0.3) is 3.79 Å². The first-order valence-corrected chi connectivity index (χ1v) is 10.7. The molecule has 36 heavy (non-hydrogen) atoms. The van der Waals surface area contributed by atoms with E-state index >= 15 is 0 Å². The van der Waals surface area contributed by atoms with E-state index in [4.69, 9.17) is 54.6 Å². The lowest BCUT2D eigenvalue weighted by atomic mass is 10.0. The number of esters is 1. The van der Waals surface area contributed by atoms with Crippen LogP contribution in [0.15, 0.2) is 60.7 Å². The summed E-state index contributed by atoms with van der Waals surface area (Å²) in [5.74, 6) is -7.05. The van der Waals surface area contributed by atoms with Crippen LogP contribution in [0.2, 0.25) is 0 Å². The second-order valence-corrected chi connectivity index (χ2v) is 8.94. The van der Waals surface area contributed by atoms with Crippen LogP contribution in [0.3, 0.4) is 0 Å². The number of benzene rings is 2. The third kappa shape index (κ3) is 7.56. The highest BCUT2D eigenvalue weighted by molar-refractivity contribution is 6.76. The number of halogens is 5. The summed E-state index contributed by atoms with van der Waals surface area (Å²) in [6.07, 6.45) is -5.35. The van der Waals surface area contributed by atoms with E-state index in [0.717, 1.165) is 0 Å². The maximum Gasteiger partial charge on any atom is 0.373 e. The first-order valence-electron chi connectivity index (χ1n) is 9.61. The average Bonchev–Trinajstić information content (AvgIpc) is 2.88. The SMILES string of the molecule is N=C(O[C@H](COOC(=O)c1ccccc1)[C@](OF)(OC(=O)c1ccccc1)[C@H](C=O)OF)C(Cl)(Cl)Cl. The average molecular weight is 571 g/mol. The summed E-state index contributed by atoms with van der Waals surface area (Å²) in [4.78, 5) is 52.6. The molecule has 0 aliphatic heterocycles. The minimum Gasteiger partial charge on any atom is -0.465 e. The standard InChI is InChI=1S/C21H16Cl3F2NO9/c22-21(23,24)19(27)32-16(12-31-35-18(30)14-9-5-2-6-10-14)20(36-26,15(11-28)34-25)33-17(29)13-7-3-1-4-8-13/h1-11,15-16,27H,12H2/t15-,16+,20-/m0/s1. The van der Waals surface area contributed by atoms with E-state index in [-0.39, 0.29) is 17.4 Å². The Balaban J connectivity index is 2.40. The van der Waals surface area contributed by atoms with Crippen LogP contribution in [0.5, 0.6) is 0 Å². The van der Waals surface area contributed by atoms with E-state index in [2.05, 4.69) is 14.8 Å². The number of ether oxygens (including phenoxy) is 2. The summed E-state index contributed by atoms with van der Waals surface area (Å²) in [7, 11) is 0. The van der Waals surface area contributed by atoms with Crippen LogP contribution in [0.25, 0.3) is 0 Å². The summed E-state index contributed by atoms with van der Waals surface area (Å²) in [6.45, 7) is -1.17. The van der Waals surface area contributed by atoms with Crippen molar-refractivity contribution in [2.45, 2.75) is 21.8 Å². The molecule has 194 valence electrons. The molecule has 0 radical (unpaired) electrons. The van der Waals surface area contributed by atoms with Gasteiger partial charge in [0.1, 0.15) is 6.61 Å². The molecule has 0 bridgehead atoms. The summed E-state index contributed by atoms with van der Waals surface area (Å²) >= 11 is 16.7. The number of hydrogen-bond acceptors (Lipinski definition) is 10. The molecule has 3 atom stereocenters. The zero-order valence-corrected chi connectivity index (χ0v) is 20.0. The Bertz CT molecular complexity index is 1040. The molecule has 0 amide bonds. The summed E-state index contributed by atoms with van der Waals surface area (Å²) in [5, 5.41) is 7.76. The van der Waals surface area contributed by atoms with Crippen molar-refractivity contribution in [3.63, 3.8) is 0 Å². The fourth-order valence-corrected chi connectivity index (χ4v) is 2.72. The molecule has 0 fully saturated rings. The topological polar surface area (TPSA) is 130 Å². The first kappa shape index (κ1) is 29.4. The molecule has 2 aromatic carbocycles. The second-order valence-electron chi connectivity index (χ2n) is 6.65. The summed E-state index contributed by atoms with van der Waals surface area (Å²) in [6, 6.07) is 14.2. The normalized spacial score (nSPS) is 14.6. The summed E-state index contributed by atoms with van der Waals surface area (Å²) < 4.78 is 34.7. The molecule has 0 heterocycles. The number of hydrogen-bond donors (Lipinski definition) is 1. The second kappa shape index (κ2) is 13.4. The first-order chi connectivity index (χ1) is 17.1. The van der Waals surface area contributed by atoms with Crippen molar-refractivity contribution in [3.8, 4) is 0 Å². The number of carbonyl (C=O) groups excluding carboxylic acids is 3. The molecule has 0 saturated heterocycles. The molecule has 0 unspecified atom stereocenters. The molecule has 0 spiro atoms. The van der Waals surface area contributed by atoms with Crippen molar-refractivity contribution >= 4 is 58.9 Å². The molecular weight excluding hydrogens is 555 g/mol. The van der Waals surface area contributed by atoms with Gasteiger partial charge in [0.2, 0.25) is 12.0 Å². The van der Waals surface area contributed by atoms with Gasteiger partial charge >= 0.3 is 17.7 Å². The Morgan fingerprint density at radius 3 is 1.92 bits per heavy atom. The van der Waals surface area contributed by atoms with Gasteiger partial charge in [0, 0.05) is 0 Å². The molecule has 15 heteroatoms. The van der Waals surface area contributed by atoms with Crippen molar-refractivity contribution in [1.29, 1.82) is 5.41 Å². The van der Waals surface area contributed by atoms with Gasteiger partial charge in [-0.3, -0.25) is 10.3 Å². The van der Waals surface area contributed by atoms with Gasteiger partial charge in [-0.25, -0.2) is 9.59 Å². The summed E-state index contributed by atoms with van der Waals surface area (Å²) in [5.41, 5.74) is -0.167. The van der Waals surface area contributed by atoms with Crippen LogP contribution >= 0.6 is 34.8 Å². The molecule has 0 aliphatic carbocycles. The smallest absolute Gasteiger partial charge is 0.373 e. The van der Waals surface area contributed by atoms with Crippen molar-refractivity contribution in [2.24, 2.45) is 0 Å². The van der Waals surface area contributed by atoms with Crippen LogP contribution in [0, 0.1) is 5.41 Å². The number of rotatable bonds is 12. The predicted octanol–water partition coefficient (Wildman–Crippen LogP) is 4.43. The Labute approximate surface area is 217 Å². The van der Waals surface area contributed by atoms with E-state index in [9.17, 15) is 23.4 Å². The maximum atomic E-state index is 14.1. The highest BCUT2D eigenvalue weighted by Gasteiger charge is 2.58. The van der Waals surface area contributed by atoms with Gasteiger partial charge in [-0.1, -0.05) is 71.2 Å². The molecule has 0 aromatic heterocycles. The highest BCUT2D eigenvalue weighted by Crippen LogP contribution is 2.34. The number of carbonyl (C=O) groups is 3. The lowest BCUT2D eigenvalue weighted by Gasteiger charge is -2.37. The van der Waals surface area contributed by atoms with Gasteiger partial charge in [-0.05, 0) is 33.3 Å². The van der Waals surface area contributed by atoms with Crippen LogP contribution in [-0.4, -0.2) is 52.5 Å². The monoisotopic (exact) mass is 569 g/mol. The minimum atomic E-state index is -3.44. The Morgan fingerprint density at radius 1 is 0.944 bits per heavy atom. The zero-order chi connectivity index (χ0) is 26.8. The lowest BCUT2D eigenvalue weighted by molar-refractivity contribution is -0.407. The Morgan fingerprint density at radius 2 is 1.47 bits per heavy atom. The van der Waals surface area contributed by atoms with E-state index in [1.54, 1.807) is 6.07 Å². The maximum absolute atomic E-state index is 14.1. The molecular formula is C21H16Cl3F2NO9. The van der Waals surface area contributed by atoms with Crippen molar-refractivity contribution in [2.75, 3.05) is 6.61 Å². The largest absolute Gasteiger partial charge is 0.465 e. The van der Waals surface area contributed by atoms with E-state index < -0.39 is 46.2 Å². The number of nitrogens with one attached hydrogen (secondary N) is 1. The third-order valence-corrected chi connectivity index (χ3v) is 4.84. The number of aldehydes is 1. The van der Waals surface area contributed by atoms with Crippen LogP contribution in [-0.2, 0) is 33.9 Å². The molecule has 2 aromatic rings. The highest BCUT2D eigenvalue weighted by atomic mass is 35.6. The Hall–Kier alpha value is -2.87.